The summed E-state index contributed by atoms with van der Waals surface area (Å²) in [4.78, 5) is 11.4. The molecule has 0 saturated heterocycles. The Hall–Kier alpha value is -2.00. The van der Waals surface area contributed by atoms with Crippen molar-refractivity contribution in [1.82, 2.24) is 0 Å². The molecule has 98 valence electrons. The van der Waals surface area contributed by atoms with E-state index in [1.165, 1.54) is 7.11 Å². The summed E-state index contributed by atoms with van der Waals surface area (Å²) in [5.74, 6) is 1.16. The third-order valence-corrected chi connectivity index (χ3v) is 3.03. The number of para-hydroxylation sites is 2. The Kier molecular flexibility index (Phi) is 4.07. The van der Waals surface area contributed by atoms with Crippen LogP contribution in [-0.4, -0.2) is 19.5 Å². The highest BCUT2D eigenvalue weighted by atomic mass is 35.5. The molecule has 0 heterocycles. The maximum absolute atomic E-state index is 11.4. The van der Waals surface area contributed by atoms with Gasteiger partial charge in [0.25, 0.3) is 5.24 Å². The number of carbonyl (C=O) groups is 1. The molecule has 0 atom stereocenters. The molecule has 0 spiro atoms. The Labute approximate surface area is 116 Å². The largest absolute Gasteiger partial charge is 0.496 e. The fourth-order valence-corrected chi connectivity index (χ4v) is 2.14. The Morgan fingerprint density at radius 3 is 2.26 bits per heavy atom. The predicted octanol–water partition coefficient (Wildman–Crippen LogP) is 3.75. The maximum Gasteiger partial charge on any atom is 0.256 e. The first-order valence-electron chi connectivity index (χ1n) is 5.69. The lowest BCUT2D eigenvalue weighted by Gasteiger charge is -2.14. The first-order chi connectivity index (χ1) is 9.19. The summed E-state index contributed by atoms with van der Waals surface area (Å²) in [6.07, 6.45) is 0. The number of hydrogen-bond acceptors (Lipinski definition) is 3. The number of hydrogen-bond donors (Lipinski definition) is 0. The van der Waals surface area contributed by atoms with Gasteiger partial charge in [-0.3, -0.25) is 4.79 Å². The molecule has 0 aliphatic carbocycles. The van der Waals surface area contributed by atoms with Crippen LogP contribution in [0.2, 0.25) is 0 Å². The highest BCUT2D eigenvalue weighted by Crippen LogP contribution is 2.38. The monoisotopic (exact) mass is 276 g/mol. The fraction of sp³-hybridized carbons (Fsp3) is 0.133. The van der Waals surface area contributed by atoms with Gasteiger partial charge in [-0.05, 0) is 23.7 Å². The number of benzene rings is 2. The summed E-state index contributed by atoms with van der Waals surface area (Å²) >= 11 is 5.57. The lowest BCUT2D eigenvalue weighted by atomic mass is 10.0. The Morgan fingerprint density at radius 1 is 0.947 bits per heavy atom. The van der Waals surface area contributed by atoms with Crippen molar-refractivity contribution in [3.63, 3.8) is 0 Å². The molecule has 19 heavy (non-hydrogen) atoms. The van der Waals surface area contributed by atoms with Gasteiger partial charge in [0.05, 0.1) is 19.8 Å². The standard InChI is InChI=1S/C15H13ClO3/c1-18-13-9-4-3-6-10(13)11-7-5-8-12(15(16)17)14(11)19-2/h3-9H,1-2H3. The Morgan fingerprint density at radius 2 is 1.63 bits per heavy atom. The molecule has 0 amide bonds. The minimum atomic E-state index is -0.548. The number of methoxy groups -OCH3 is 2. The first-order valence-corrected chi connectivity index (χ1v) is 6.07. The van der Waals surface area contributed by atoms with Crippen molar-refractivity contribution in [3.05, 3.63) is 48.0 Å². The van der Waals surface area contributed by atoms with Gasteiger partial charge in [-0.1, -0.05) is 30.3 Å². The summed E-state index contributed by atoms with van der Waals surface area (Å²) in [6.45, 7) is 0. The van der Waals surface area contributed by atoms with E-state index >= 15 is 0 Å². The van der Waals surface area contributed by atoms with Crippen molar-refractivity contribution in [2.24, 2.45) is 0 Å². The zero-order valence-corrected chi connectivity index (χ0v) is 11.4. The molecule has 0 N–H and O–H groups in total. The van der Waals surface area contributed by atoms with Crippen molar-refractivity contribution >= 4 is 16.8 Å². The molecule has 4 heteroatoms. The van der Waals surface area contributed by atoms with Gasteiger partial charge in [-0.15, -0.1) is 0 Å². The van der Waals surface area contributed by atoms with E-state index in [0.29, 0.717) is 17.1 Å². The number of ether oxygens (including phenoxy) is 2. The summed E-state index contributed by atoms with van der Waals surface area (Å²) in [6, 6.07) is 12.8. The van der Waals surface area contributed by atoms with E-state index in [1.54, 1.807) is 19.2 Å². The van der Waals surface area contributed by atoms with Crippen molar-refractivity contribution in [3.8, 4) is 22.6 Å². The molecule has 0 fully saturated rings. The van der Waals surface area contributed by atoms with Gasteiger partial charge in [0.2, 0.25) is 0 Å². The molecule has 0 bridgehead atoms. The molecule has 2 aromatic rings. The van der Waals surface area contributed by atoms with Crippen LogP contribution in [-0.2, 0) is 0 Å². The van der Waals surface area contributed by atoms with Crippen molar-refractivity contribution < 1.29 is 14.3 Å². The van der Waals surface area contributed by atoms with Gasteiger partial charge in [-0.2, -0.15) is 0 Å². The van der Waals surface area contributed by atoms with Gasteiger partial charge < -0.3 is 9.47 Å². The minimum absolute atomic E-state index is 0.340. The van der Waals surface area contributed by atoms with Crippen LogP contribution in [0.1, 0.15) is 10.4 Å². The van der Waals surface area contributed by atoms with Crippen LogP contribution < -0.4 is 9.47 Å². The maximum atomic E-state index is 11.4. The summed E-state index contributed by atoms with van der Waals surface area (Å²) in [7, 11) is 3.11. The van der Waals surface area contributed by atoms with Crippen LogP contribution in [0.25, 0.3) is 11.1 Å². The third-order valence-electron chi connectivity index (χ3n) is 2.83. The molecule has 0 aromatic heterocycles. The average Bonchev–Trinajstić information content (AvgIpc) is 2.46. The zero-order chi connectivity index (χ0) is 13.8. The normalized spacial score (nSPS) is 10.1. The zero-order valence-electron chi connectivity index (χ0n) is 10.6. The average molecular weight is 277 g/mol. The predicted molar refractivity (Wildman–Crippen MR) is 75.2 cm³/mol. The van der Waals surface area contributed by atoms with E-state index in [2.05, 4.69) is 0 Å². The molecule has 0 aliphatic rings. The smallest absolute Gasteiger partial charge is 0.256 e. The van der Waals surface area contributed by atoms with E-state index in [-0.39, 0.29) is 0 Å². The van der Waals surface area contributed by atoms with Gasteiger partial charge >= 0.3 is 0 Å². The van der Waals surface area contributed by atoms with Gasteiger partial charge in [-0.25, -0.2) is 0 Å². The molecule has 0 saturated carbocycles. The molecule has 2 aromatic carbocycles. The van der Waals surface area contributed by atoms with E-state index in [4.69, 9.17) is 21.1 Å². The van der Waals surface area contributed by atoms with Crippen LogP contribution >= 0.6 is 11.6 Å². The highest BCUT2D eigenvalue weighted by Gasteiger charge is 2.17. The van der Waals surface area contributed by atoms with Crippen molar-refractivity contribution in [1.29, 1.82) is 0 Å². The molecular formula is C15H13ClO3. The Balaban J connectivity index is 2.68. The lowest BCUT2D eigenvalue weighted by Crippen LogP contribution is -1.98. The van der Waals surface area contributed by atoms with Gasteiger partial charge in [0.15, 0.2) is 0 Å². The number of carbonyl (C=O) groups excluding carboxylic acids is 1. The van der Waals surface area contributed by atoms with Crippen LogP contribution in [0, 0.1) is 0 Å². The highest BCUT2D eigenvalue weighted by molar-refractivity contribution is 6.68. The minimum Gasteiger partial charge on any atom is -0.496 e. The molecule has 2 rings (SSSR count). The number of halogens is 1. The topological polar surface area (TPSA) is 35.5 Å². The molecule has 0 radical (unpaired) electrons. The molecular weight excluding hydrogens is 264 g/mol. The van der Waals surface area contributed by atoms with E-state index < -0.39 is 5.24 Å². The van der Waals surface area contributed by atoms with E-state index in [0.717, 1.165) is 11.1 Å². The van der Waals surface area contributed by atoms with Crippen LogP contribution in [0.4, 0.5) is 0 Å². The second kappa shape index (κ2) is 5.76. The van der Waals surface area contributed by atoms with Crippen molar-refractivity contribution in [2.75, 3.05) is 14.2 Å². The van der Waals surface area contributed by atoms with Crippen LogP contribution in [0.3, 0.4) is 0 Å². The Bertz CT molecular complexity index is 608. The summed E-state index contributed by atoms with van der Waals surface area (Å²) in [5.41, 5.74) is 1.96. The molecule has 0 aliphatic heterocycles. The second-order valence-electron chi connectivity index (χ2n) is 3.86. The van der Waals surface area contributed by atoms with Crippen LogP contribution in [0.15, 0.2) is 42.5 Å². The quantitative estimate of drug-likeness (QED) is 0.798. The van der Waals surface area contributed by atoms with Gasteiger partial charge in [0, 0.05) is 11.1 Å². The summed E-state index contributed by atoms with van der Waals surface area (Å²) < 4.78 is 10.7. The SMILES string of the molecule is COc1ccccc1-c1cccc(C(=O)Cl)c1OC. The third kappa shape index (κ3) is 2.56. The second-order valence-corrected chi connectivity index (χ2v) is 4.20. The van der Waals surface area contributed by atoms with E-state index in [1.807, 2.05) is 30.3 Å². The lowest BCUT2D eigenvalue weighted by molar-refractivity contribution is 0.107. The number of rotatable bonds is 4. The summed E-state index contributed by atoms with van der Waals surface area (Å²) in [5, 5.41) is -0.548. The fourth-order valence-electron chi connectivity index (χ4n) is 1.99. The van der Waals surface area contributed by atoms with E-state index in [9.17, 15) is 4.79 Å². The molecule has 3 nitrogen and oxygen atoms in total. The molecule has 0 unspecified atom stereocenters. The van der Waals surface area contributed by atoms with Crippen molar-refractivity contribution in [2.45, 2.75) is 0 Å². The van der Waals surface area contributed by atoms with Gasteiger partial charge in [0.1, 0.15) is 11.5 Å². The first kappa shape index (κ1) is 13.4. The van der Waals surface area contributed by atoms with Crippen LogP contribution in [0.5, 0.6) is 11.5 Å².